The van der Waals surface area contributed by atoms with E-state index in [-0.39, 0.29) is 17.9 Å². The first-order valence-corrected chi connectivity index (χ1v) is 11.3. The number of anilines is 1. The third-order valence-electron chi connectivity index (χ3n) is 5.86. The second kappa shape index (κ2) is 9.76. The molecule has 7 nitrogen and oxygen atoms in total. The zero-order chi connectivity index (χ0) is 25.1. The maximum absolute atomic E-state index is 12.9. The fourth-order valence-electron chi connectivity index (χ4n) is 4.18. The molecule has 0 aliphatic rings. The molecule has 1 heterocycles. The topological polar surface area (TPSA) is 86.6 Å². The van der Waals surface area contributed by atoms with Crippen LogP contribution in [0.2, 0.25) is 0 Å². The summed E-state index contributed by atoms with van der Waals surface area (Å²) in [5.41, 5.74) is 2.20. The number of hydrogen-bond donors (Lipinski definition) is 1. The van der Waals surface area contributed by atoms with E-state index in [0.717, 1.165) is 0 Å². The number of para-hydroxylation sites is 3. The normalized spacial score (nSPS) is 10.8. The van der Waals surface area contributed by atoms with Gasteiger partial charge in [0.25, 0.3) is 5.91 Å². The van der Waals surface area contributed by atoms with Gasteiger partial charge in [0.15, 0.2) is 5.43 Å². The molecule has 0 atom stereocenters. The number of fused-ring (bicyclic) bond motifs is 2. The minimum atomic E-state index is -0.486. The summed E-state index contributed by atoms with van der Waals surface area (Å²) in [6.07, 6.45) is 0. The van der Waals surface area contributed by atoms with Crippen molar-refractivity contribution in [3.8, 4) is 11.5 Å². The molecule has 36 heavy (non-hydrogen) atoms. The van der Waals surface area contributed by atoms with Gasteiger partial charge in [0, 0.05) is 16.5 Å². The fraction of sp³-hybridized carbons (Fsp3) is 0.0690. The maximum atomic E-state index is 12.9. The van der Waals surface area contributed by atoms with E-state index in [2.05, 4.69) is 5.32 Å². The molecule has 0 aliphatic carbocycles. The molecule has 0 fully saturated rings. The molecule has 0 unspecified atom stereocenters. The van der Waals surface area contributed by atoms with Crippen LogP contribution in [0.15, 0.2) is 102 Å². The summed E-state index contributed by atoms with van der Waals surface area (Å²) in [5, 5.41) is 3.89. The Hall–Kier alpha value is -4.91. The lowest BCUT2D eigenvalue weighted by Gasteiger charge is -2.14. The summed E-state index contributed by atoms with van der Waals surface area (Å²) < 4.78 is 12.6. The van der Waals surface area contributed by atoms with Gasteiger partial charge in [-0.15, -0.1) is 0 Å². The lowest BCUT2D eigenvalue weighted by Crippen LogP contribution is -2.20. The van der Waals surface area contributed by atoms with E-state index in [4.69, 9.17) is 9.47 Å². The standard InChI is InChI=1S/C29H22N2O5/c1-35-26-13-7-4-10-23(26)29(34)30-19-14-16-20(17-15-19)36-27(32)18-31-24-11-5-2-8-21(24)28(33)22-9-3-6-12-25(22)31/h2-17H,18H2,1H3,(H,30,34). The lowest BCUT2D eigenvalue weighted by atomic mass is 10.1. The summed E-state index contributed by atoms with van der Waals surface area (Å²) in [6, 6.07) is 27.9. The summed E-state index contributed by atoms with van der Waals surface area (Å²) >= 11 is 0. The van der Waals surface area contributed by atoms with Crippen LogP contribution in [0.5, 0.6) is 11.5 Å². The van der Waals surface area contributed by atoms with Gasteiger partial charge in [0.05, 0.1) is 23.7 Å². The van der Waals surface area contributed by atoms with Crippen LogP contribution in [0.25, 0.3) is 21.8 Å². The summed E-state index contributed by atoms with van der Waals surface area (Å²) in [5.74, 6) is 0.0157. The largest absolute Gasteiger partial charge is 0.496 e. The monoisotopic (exact) mass is 478 g/mol. The molecule has 178 valence electrons. The second-order valence-electron chi connectivity index (χ2n) is 8.10. The fourth-order valence-corrected chi connectivity index (χ4v) is 4.18. The molecule has 1 N–H and O–H groups in total. The molecule has 4 aromatic carbocycles. The summed E-state index contributed by atoms with van der Waals surface area (Å²) in [4.78, 5) is 38.3. The molecule has 7 heteroatoms. The van der Waals surface area contributed by atoms with Crippen molar-refractivity contribution in [1.29, 1.82) is 0 Å². The SMILES string of the molecule is COc1ccccc1C(=O)Nc1ccc(OC(=O)Cn2c3ccccc3c(=O)c3ccccc32)cc1. The van der Waals surface area contributed by atoms with Gasteiger partial charge in [-0.25, -0.2) is 4.79 Å². The Labute approximate surface area is 206 Å². The number of carbonyl (C=O) groups is 2. The molecule has 0 saturated carbocycles. The van der Waals surface area contributed by atoms with Gasteiger partial charge in [-0.05, 0) is 60.7 Å². The number of benzene rings is 4. The number of ether oxygens (including phenoxy) is 2. The van der Waals surface area contributed by atoms with E-state index in [1.165, 1.54) is 7.11 Å². The van der Waals surface area contributed by atoms with Crippen LogP contribution >= 0.6 is 0 Å². The highest BCUT2D eigenvalue weighted by atomic mass is 16.5. The third-order valence-corrected chi connectivity index (χ3v) is 5.86. The van der Waals surface area contributed by atoms with E-state index in [1.54, 1.807) is 77.4 Å². The smallest absolute Gasteiger partial charge is 0.331 e. The maximum Gasteiger partial charge on any atom is 0.331 e. The van der Waals surface area contributed by atoms with Crippen LogP contribution < -0.4 is 20.2 Å². The Morgan fingerprint density at radius 3 is 2.00 bits per heavy atom. The van der Waals surface area contributed by atoms with Gasteiger partial charge < -0.3 is 19.4 Å². The minimum absolute atomic E-state index is 0.0726. The number of nitrogens with zero attached hydrogens (tertiary/aromatic N) is 1. The summed E-state index contributed by atoms with van der Waals surface area (Å²) in [7, 11) is 1.51. The van der Waals surface area contributed by atoms with Crippen LogP contribution in [-0.2, 0) is 11.3 Å². The highest BCUT2D eigenvalue weighted by Crippen LogP contribution is 2.22. The number of amides is 1. The number of pyridine rings is 1. The molecule has 1 aromatic heterocycles. The van der Waals surface area contributed by atoms with Gasteiger partial charge in [0.1, 0.15) is 18.0 Å². The quantitative estimate of drug-likeness (QED) is 0.210. The predicted octanol–water partition coefficient (Wildman–Crippen LogP) is 5.02. The zero-order valence-corrected chi connectivity index (χ0v) is 19.4. The van der Waals surface area contributed by atoms with Crippen LogP contribution in [0, 0.1) is 0 Å². The Kier molecular flexibility index (Phi) is 6.19. The first-order chi connectivity index (χ1) is 17.5. The Bertz CT molecular complexity index is 1590. The van der Waals surface area contributed by atoms with E-state index < -0.39 is 5.97 Å². The zero-order valence-electron chi connectivity index (χ0n) is 19.4. The highest BCUT2D eigenvalue weighted by Gasteiger charge is 2.15. The molecule has 0 radical (unpaired) electrons. The molecule has 5 rings (SSSR count). The van der Waals surface area contributed by atoms with E-state index >= 15 is 0 Å². The predicted molar refractivity (Wildman–Crippen MR) is 139 cm³/mol. The average Bonchev–Trinajstić information content (AvgIpc) is 2.92. The number of nitrogens with one attached hydrogen (secondary N) is 1. The second-order valence-corrected chi connectivity index (χ2v) is 8.10. The van der Waals surface area contributed by atoms with Crippen LogP contribution in [0.3, 0.4) is 0 Å². The van der Waals surface area contributed by atoms with Gasteiger partial charge in [-0.1, -0.05) is 36.4 Å². The van der Waals surface area contributed by atoms with Crippen molar-refractivity contribution < 1.29 is 19.1 Å². The molecule has 0 bridgehead atoms. The average molecular weight is 479 g/mol. The van der Waals surface area contributed by atoms with E-state index in [1.807, 2.05) is 24.3 Å². The van der Waals surface area contributed by atoms with Crippen molar-refractivity contribution >= 4 is 39.4 Å². The molecular weight excluding hydrogens is 456 g/mol. The highest BCUT2D eigenvalue weighted by molar-refractivity contribution is 6.06. The van der Waals surface area contributed by atoms with Crippen molar-refractivity contribution in [3.05, 3.63) is 113 Å². The third kappa shape index (κ3) is 4.42. The Balaban J connectivity index is 1.34. The van der Waals surface area contributed by atoms with E-state index in [9.17, 15) is 14.4 Å². The molecule has 1 amide bonds. The van der Waals surface area contributed by atoms with Gasteiger partial charge in [-0.3, -0.25) is 9.59 Å². The van der Waals surface area contributed by atoms with Crippen LogP contribution in [-0.4, -0.2) is 23.6 Å². The van der Waals surface area contributed by atoms with Crippen LogP contribution in [0.1, 0.15) is 10.4 Å². The summed E-state index contributed by atoms with van der Waals surface area (Å²) in [6.45, 7) is -0.0758. The van der Waals surface area contributed by atoms with Crippen molar-refractivity contribution in [2.45, 2.75) is 6.54 Å². The number of rotatable bonds is 6. The minimum Gasteiger partial charge on any atom is -0.496 e. The first kappa shape index (κ1) is 22.9. The van der Waals surface area contributed by atoms with Crippen LogP contribution in [0.4, 0.5) is 5.69 Å². The van der Waals surface area contributed by atoms with Gasteiger partial charge in [-0.2, -0.15) is 0 Å². The molecule has 5 aromatic rings. The molecule has 0 spiro atoms. The number of hydrogen-bond acceptors (Lipinski definition) is 5. The Morgan fingerprint density at radius 1 is 0.778 bits per heavy atom. The molecular formula is C29H22N2O5. The van der Waals surface area contributed by atoms with Crippen molar-refractivity contribution in [3.63, 3.8) is 0 Å². The van der Waals surface area contributed by atoms with Crippen molar-refractivity contribution in [1.82, 2.24) is 4.57 Å². The van der Waals surface area contributed by atoms with Crippen molar-refractivity contribution in [2.24, 2.45) is 0 Å². The van der Waals surface area contributed by atoms with Crippen molar-refractivity contribution in [2.75, 3.05) is 12.4 Å². The molecule has 0 saturated heterocycles. The molecule has 0 aliphatic heterocycles. The van der Waals surface area contributed by atoms with Gasteiger partial charge >= 0.3 is 5.97 Å². The number of methoxy groups -OCH3 is 1. The Morgan fingerprint density at radius 2 is 1.36 bits per heavy atom. The number of aromatic nitrogens is 1. The van der Waals surface area contributed by atoms with Gasteiger partial charge in [0.2, 0.25) is 0 Å². The lowest BCUT2D eigenvalue weighted by molar-refractivity contribution is -0.134. The van der Waals surface area contributed by atoms with E-state index in [0.29, 0.717) is 44.6 Å². The number of carbonyl (C=O) groups excluding carboxylic acids is 2. The number of esters is 1. The first-order valence-electron chi connectivity index (χ1n) is 11.3.